The first-order valence-corrected chi connectivity index (χ1v) is 14.7. The highest BCUT2D eigenvalue weighted by molar-refractivity contribution is 5.94. The lowest BCUT2D eigenvalue weighted by molar-refractivity contribution is -0.947. The van der Waals surface area contributed by atoms with Crippen molar-refractivity contribution in [3.8, 4) is 23.3 Å². The molecule has 2 aromatic rings. The molecule has 2 aromatic carbocycles. The summed E-state index contributed by atoms with van der Waals surface area (Å²) in [5, 5.41) is 3.08. The molecule has 1 N–H and O–H groups in total. The number of amides is 1. The lowest BCUT2D eigenvalue weighted by atomic mass is 9.50. The maximum absolute atomic E-state index is 13.0. The molecular formula is C33H36F3N2O4+. The number of likely N-dealkylation sites (N-methyl/N-ethyl adjacent to an activating group) is 1. The van der Waals surface area contributed by atoms with Gasteiger partial charge in [0.15, 0.2) is 0 Å². The first-order chi connectivity index (χ1) is 19.8. The van der Waals surface area contributed by atoms with Crippen LogP contribution in [-0.2, 0) is 27.6 Å². The van der Waals surface area contributed by atoms with Gasteiger partial charge in [0, 0.05) is 54.2 Å². The highest BCUT2D eigenvalue weighted by Gasteiger charge is 2.69. The van der Waals surface area contributed by atoms with Crippen molar-refractivity contribution in [2.75, 3.05) is 20.1 Å². The van der Waals surface area contributed by atoms with Gasteiger partial charge in [-0.15, -0.1) is 0 Å². The van der Waals surface area contributed by atoms with Gasteiger partial charge in [-0.05, 0) is 49.2 Å². The van der Waals surface area contributed by atoms with E-state index in [2.05, 4.69) is 38.1 Å². The molecule has 0 radical (unpaired) electrons. The molecule has 9 heteroatoms. The highest BCUT2D eigenvalue weighted by Crippen LogP contribution is 2.64. The van der Waals surface area contributed by atoms with E-state index in [0.29, 0.717) is 29.2 Å². The zero-order valence-corrected chi connectivity index (χ0v) is 24.3. The molecule has 6 rings (SSSR count). The van der Waals surface area contributed by atoms with E-state index in [0.717, 1.165) is 72.3 Å². The first-order valence-electron chi connectivity index (χ1n) is 14.7. The second-order valence-electron chi connectivity index (χ2n) is 13.0. The minimum Gasteiger partial charge on any atom is -0.487 e. The molecule has 1 unspecified atom stereocenters. The lowest BCUT2D eigenvalue weighted by Gasteiger charge is -2.62. The van der Waals surface area contributed by atoms with Gasteiger partial charge in [-0.3, -0.25) is 9.59 Å². The number of benzene rings is 2. The smallest absolute Gasteiger partial charge is 0.416 e. The normalized spacial score (nSPS) is 30.5. The fourth-order valence-corrected chi connectivity index (χ4v) is 8.54. The number of nitrogens with one attached hydrogen (secondary N) is 1. The van der Waals surface area contributed by atoms with Crippen LogP contribution >= 0.6 is 0 Å². The standard InChI is InChI=1S/C33H35F3N2O4/c1-19(2)18-38(4)16-15-32-24-10-11-25(37-29(40)14-7-21-5-8-22(9-6-21)33(34,35)36)31(32)42-28-13-12-27(41-20(3)39)23(30(28)32)17-26(24)38/h5-6,8-9,12-13,19,24-26,31H,10-11,15-18H2,1-4H3/p+1/t24-,25-,26+,31-,32-,38?/m0/s1. The van der Waals surface area contributed by atoms with Gasteiger partial charge in [0.05, 0.1) is 43.2 Å². The van der Waals surface area contributed by atoms with Crippen LogP contribution in [0.3, 0.4) is 0 Å². The third-order valence-corrected chi connectivity index (χ3v) is 9.87. The van der Waals surface area contributed by atoms with E-state index in [9.17, 15) is 22.8 Å². The number of quaternary nitrogens is 1. The van der Waals surface area contributed by atoms with Gasteiger partial charge in [0.1, 0.15) is 17.6 Å². The van der Waals surface area contributed by atoms with Crippen LogP contribution in [0.5, 0.6) is 11.5 Å². The van der Waals surface area contributed by atoms with Crippen molar-refractivity contribution in [2.45, 2.75) is 76.2 Å². The van der Waals surface area contributed by atoms with Crippen molar-refractivity contribution in [2.24, 2.45) is 11.8 Å². The number of esters is 1. The monoisotopic (exact) mass is 581 g/mol. The maximum Gasteiger partial charge on any atom is 0.416 e. The van der Waals surface area contributed by atoms with Crippen LogP contribution < -0.4 is 14.8 Å². The highest BCUT2D eigenvalue weighted by atomic mass is 19.4. The summed E-state index contributed by atoms with van der Waals surface area (Å²) >= 11 is 0. The Morgan fingerprint density at radius 2 is 1.90 bits per heavy atom. The first kappa shape index (κ1) is 28.6. The minimum atomic E-state index is -4.43. The van der Waals surface area contributed by atoms with Crippen molar-refractivity contribution in [1.29, 1.82) is 0 Å². The van der Waals surface area contributed by atoms with E-state index in [4.69, 9.17) is 9.47 Å². The van der Waals surface area contributed by atoms with Crippen LogP contribution in [0, 0.1) is 23.7 Å². The average molecular weight is 582 g/mol. The maximum atomic E-state index is 13.0. The number of ether oxygens (including phenoxy) is 2. The summed E-state index contributed by atoms with van der Waals surface area (Å²) in [6.45, 7) is 7.98. The van der Waals surface area contributed by atoms with E-state index >= 15 is 0 Å². The molecule has 1 amide bonds. The zero-order valence-electron chi connectivity index (χ0n) is 24.3. The second-order valence-corrected chi connectivity index (χ2v) is 13.0. The van der Waals surface area contributed by atoms with Crippen molar-refractivity contribution < 1.29 is 36.7 Å². The predicted molar refractivity (Wildman–Crippen MR) is 150 cm³/mol. The van der Waals surface area contributed by atoms with Gasteiger partial charge in [0.2, 0.25) is 0 Å². The molecule has 2 bridgehead atoms. The number of carbonyl (C=O) groups is 2. The van der Waals surface area contributed by atoms with Crippen LogP contribution in [0.1, 0.15) is 62.3 Å². The SMILES string of the molecule is CC(=O)Oc1ccc2c3c1C[C@@H]1[C@@H]4CC[C@H](NC(=O)C#Cc5ccc(C(F)(F)F)cc5)[C@H](O2)[C@]34CC[N+]1(C)CC(C)C. The largest absolute Gasteiger partial charge is 0.487 e. The van der Waals surface area contributed by atoms with Gasteiger partial charge < -0.3 is 19.3 Å². The Labute approximate surface area is 244 Å². The summed E-state index contributed by atoms with van der Waals surface area (Å²) in [5.41, 5.74) is 1.45. The molecule has 6 atom stereocenters. The molecule has 4 aliphatic rings. The third-order valence-electron chi connectivity index (χ3n) is 9.87. The predicted octanol–water partition coefficient (Wildman–Crippen LogP) is 5.01. The van der Waals surface area contributed by atoms with Gasteiger partial charge in [0.25, 0.3) is 5.91 Å². The van der Waals surface area contributed by atoms with E-state index < -0.39 is 17.6 Å². The number of nitrogens with zero attached hydrogens (tertiary/aromatic N) is 1. The topological polar surface area (TPSA) is 64.6 Å². The number of carbonyl (C=O) groups excluding carboxylic acids is 2. The van der Waals surface area contributed by atoms with Crippen molar-refractivity contribution in [3.63, 3.8) is 0 Å². The molecule has 2 aliphatic heterocycles. The number of hydrogen-bond donors (Lipinski definition) is 1. The molecular weight excluding hydrogens is 545 g/mol. The van der Waals surface area contributed by atoms with E-state index in [-0.39, 0.29) is 23.5 Å². The number of hydrogen-bond acceptors (Lipinski definition) is 4. The van der Waals surface area contributed by atoms with E-state index in [1.807, 2.05) is 12.1 Å². The van der Waals surface area contributed by atoms with Gasteiger partial charge in [-0.1, -0.05) is 19.8 Å². The van der Waals surface area contributed by atoms with Crippen molar-refractivity contribution >= 4 is 11.9 Å². The molecule has 2 aliphatic carbocycles. The zero-order chi connectivity index (χ0) is 30.0. The summed E-state index contributed by atoms with van der Waals surface area (Å²) in [4.78, 5) is 25.0. The van der Waals surface area contributed by atoms with Gasteiger partial charge in [-0.2, -0.15) is 13.2 Å². The molecule has 42 heavy (non-hydrogen) atoms. The molecule has 1 saturated heterocycles. The molecule has 222 valence electrons. The van der Waals surface area contributed by atoms with E-state index in [1.165, 1.54) is 19.1 Å². The Balaban J connectivity index is 1.31. The number of rotatable bonds is 4. The quantitative estimate of drug-likeness (QED) is 0.239. The van der Waals surface area contributed by atoms with Crippen LogP contribution in [0.15, 0.2) is 36.4 Å². The number of likely N-dealkylation sites (tertiary alicyclic amines) is 1. The van der Waals surface area contributed by atoms with Crippen LogP contribution in [0.2, 0.25) is 0 Å². The van der Waals surface area contributed by atoms with Crippen molar-refractivity contribution in [1.82, 2.24) is 5.32 Å². The van der Waals surface area contributed by atoms with Crippen LogP contribution in [-0.4, -0.2) is 54.7 Å². The molecule has 0 aromatic heterocycles. The molecule has 6 nitrogen and oxygen atoms in total. The van der Waals surface area contributed by atoms with E-state index in [1.54, 1.807) is 0 Å². The Morgan fingerprint density at radius 1 is 1.17 bits per heavy atom. The lowest BCUT2D eigenvalue weighted by Crippen LogP contribution is -2.73. The molecule has 1 saturated carbocycles. The Bertz CT molecular complexity index is 1490. The van der Waals surface area contributed by atoms with Crippen LogP contribution in [0.25, 0.3) is 0 Å². The number of halogens is 3. The number of alkyl halides is 3. The second kappa shape index (κ2) is 10.0. The molecule has 2 heterocycles. The Kier molecular flexibility index (Phi) is 6.84. The summed E-state index contributed by atoms with van der Waals surface area (Å²) in [6.07, 6.45) is -1.35. The number of piperidine rings is 1. The Morgan fingerprint density at radius 3 is 2.57 bits per heavy atom. The fourth-order valence-electron chi connectivity index (χ4n) is 8.54. The summed E-state index contributed by atoms with van der Waals surface area (Å²) in [5.74, 6) is 6.69. The summed E-state index contributed by atoms with van der Waals surface area (Å²) < 4.78 is 52.0. The van der Waals surface area contributed by atoms with Crippen LogP contribution in [0.4, 0.5) is 13.2 Å². The minimum absolute atomic E-state index is 0.284. The molecule has 1 spiro atoms. The fraction of sp³-hybridized carbons (Fsp3) is 0.515. The summed E-state index contributed by atoms with van der Waals surface area (Å²) in [7, 11) is 2.35. The van der Waals surface area contributed by atoms with Gasteiger partial charge in [-0.25, -0.2) is 0 Å². The van der Waals surface area contributed by atoms with Crippen molar-refractivity contribution in [3.05, 3.63) is 58.7 Å². The molecule has 2 fully saturated rings. The van der Waals surface area contributed by atoms with Gasteiger partial charge >= 0.3 is 12.1 Å². The third kappa shape index (κ3) is 4.64. The summed E-state index contributed by atoms with van der Waals surface area (Å²) in [6, 6.07) is 8.22. The average Bonchev–Trinajstić information content (AvgIpc) is 3.25. The Hall–Kier alpha value is -3.51.